The first kappa shape index (κ1) is 24.2. The molecule has 2 atom stereocenters. The number of aromatic nitrogens is 1. The zero-order valence-corrected chi connectivity index (χ0v) is 19.1. The molecule has 3 rings (SSSR count). The smallest absolute Gasteiger partial charge is 0.271 e. The largest absolute Gasteiger partial charge is 0.505 e. The molecule has 2 heterocycles. The number of aliphatic hydroxyl groups excluding tert-OH is 1. The van der Waals surface area contributed by atoms with Crippen molar-refractivity contribution in [2.24, 2.45) is 5.10 Å². The molecule has 9 nitrogen and oxygen atoms in total. The predicted molar refractivity (Wildman–Crippen MR) is 123 cm³/mol. The Kier molecular flexibility index (Phi) is 8.00. The summed E-state index contributed by atoms with van der Waals surface area (Å²) in [5.74, 6) is -0.113. The summed E-state index contributed by atoms with van der Waals surface area (Å²) in [6, 6.07) is 6.81. The zero-order valence-electron chi connectivity index (χ0n) is 19.1. The summed E-state index contributed by atoms with van der Waals surface area (Å²) in [5.41, 5.74) is 3.80. The van der Waals surface area contributed by atoms with Crippen molar-refractivity contribution in [3.8, 4) is 11.5 Å². The molecule has 1 aliphatic heterocycles. The van der Waals surface area contributed by atoms with Crippen LogP contribution < -0.4 is 10.2 Å². The van der Waals surface area contributed by atoms with Crippen LogP contribution in [0.5, 0.6) is 11.5 Å². The lowest BCUT2D eigenvalue weighted by Crippen LogP contribution is -2.49. The lowest BCUT2D eigenvalue weighted by Gasteiger charge is -2.38. The molecule has 0 spiro atoms. The fourth-order valence-electron chi connectivity index (χ4n) is 3.98. The van der Waals surface area contributed by atoms with Crippen LogP contribution >= 0.6 is 0 Å². The van der Waals surface area contributed by atoms with Crippen molar-refractivity contribution in [3.05, 3.63) is 52.8 Å². The predicted octanol–water partition coefficient (Wildman–Crippen LogP) is 2.52. The third-order valence-corrected chi connectivity index (χ3v) is 5.85. The molecule has 176 valence electrons. The van der Waals surface area contributed by atoms with E-state index in [1.54, 1.807) is 31.2 Å². The fraction of sp³-hybridized carbons (Fsp3) is 0.417. The minimum absolute atomic E-state index is 0.0392. The maximum absolute atomic E-state index is 12.6. The number of likely N-dealkylation sites (tertiary alicyclic amines) is 1. The number of aliphatic hydroxyl groups is 1. The van der Waals surface area contributed by atoms with Gasteiger partial charge in [0.1, 0.15) is 11.5 Å². The first-order chi connectivity index (χ1) is 15.8. The summed E-state index contributed by atoms with van der Waals surface area (Å²) in [6.45, 7) is 5.37. The van der Waals surface area contributed by atoms with Crippen LogP contribution in [0, 0.1) is 6.92 Å². The maximum Gasteiger partial charge on any atom is 0.271 e. The average Bonchev–Trinajstić information content (AvgIpc) is 2.80. The topological polar surface area (TPSA) is 124 Å². The van der Waals surface area contributed by atoms with Gasteiger partial charge in [-0.15, -0.1) is 0 Å². The highest BCUT2D eigenvalue weighted by Crippen LogP contribution is 2.23. The van der Waals surface area contributed by atoms with E-state index >= 15 is 0 Å². The molecule has 0 saturated carbocycles. The number of hydrazone groups is 1. The monoisotopic (exact) mass is 454 g/mol. The van der Waals surface area contributed by atoms with Crippen molar-refractivity contribution in [2.75, 3.05) is 6.61 Å². The molecule has 0 bridgehead atoms. The Labute approximate surface area is 193 Å². The first-order valence-corrected chi connectivity index (χ1v) is 11.0. The number of ether oxygens (including phenoxy) is 1. The third-order valence-electron chi connectivity index (χ3n) is 5.85. The van der Waals surface area contributed by atoms with E-state index in [0.29, 0.717) is 22.6 Å². The van der Waals surface area contributed by atoms with Gasteiger partial charge in [0.2, 0.25) is 0 Å². The highest BCUT2D eigenvalue weighted by Gasteiger charge is 2.29. The van der Waals surface area contributed by atoms with Crippen LogP contribution in [-0.4, -0.2) is 56.8 Å². The number of nitrogens with one attached hydrogen (secondary N) is 1. The van der Waals surface area contributed by atoms with Crippen LogP contribution in [0.1, 0.15) is 60.3 Å². The number of aromatic hydroxyl groups is 1. The molecule has 1 aromatic carbocycles. The second-order valence-electron chi connectivity index (χ2n) is 8.23. The number of rotatable bonds is 7. The SMILES string of the molecule is Cc1ncc(CO)c(/C=N/NC(=O)c2ccc(OCC(=O)N3[C@H](C)CCC[C@H]3C)cc2)c1O. The van der Waals surface area contributed by atoms with Gasteiger partial charge in [-0.2, -0.15) is 5.10 Å². The van der Waals surface area contributed by atoms with Crippen molar-refractivity contribution < 1.29 is 24.5 Å². The van der Waals surface area contributed by atoms with Gasteiger partial charge in [0, 0.05) is 35.0 Å². The second-order valence-corrected chi connectivity index (χ2v) is 8.23. The highest BCUT2D eigenvalue weighted by molar-refractivity contribution is 5.95. The van der Waals surface area contributed by atoms with Gasteiger partial charge >= 0.3 is 0 Å². The quantitative estimate of drug-likeness (QED) is 0.436. The van der Waals surface area contributed by atoms with E-state index < -0.39 is 5.91 Å². The molecule has 1 aromatic heterocycles. The standard InChI is InChI=1S/C24H30N4O5/c1-15-5-4-6-16(2)28(15)22(30)14-33-20-9-7-18(8-10-20)24(32)27-26-12-21-19(13-29)11-25-17(3)23(21)31/h7-12,15-16,29,31H,4-6,13-14H2,1-3H3,(H,27,32)/b26-12+/t15-,16-/m1/s1. The Balaban J connectivity index is 1.56. The van der Waals surface area contributed by atoms with Gasteiger partial charge in [-0.3, -0.25) is 14.6 Å². The van der Waals surface area contributed by atoms with Gasteiger partial charge in [-0.05, 0) is 64.3 Å². The Morgan fingerprint density at radius 3 is 2.55 bits per heavy atom. The summed E-state index contributed by atoms with van der Waals surface area (Å²) < 4.78 is 5.63. The number of nitrogens with zero attached hydrogens (tertiary/aromatic N) is 3. The molecule has 2 amide bonds. The van der Waals surface area contributed by atoms with E-state index in [0.717, 1.165) is 19.3 Å². The molecule has 33 heavy (non-hydrogen) atoms. The number of carbonyl (C=O) groups is 2. The molecule has 3 N–H and O–H groups in total. The number of piperidine rings is 1. The van der Waals surface area contributed by atoms with Crippen molar-refractivity contribution in [1.82, 2.24) is 15.3 Å². The highest BCUT2D eigenvalue weighted by atomic mass is 16.5. The fourth-order valence-corrected chi connectivity index (χ4v) is 3.98. The first-order valence-electron chi connectivity index (χ1n) is 11.0. The number of hydrogen-bond donors (Lipinski definition) is 3. The van der Waals surface area contributed by atoms with Gasteiger partial charge in [-0.25, -0.2) is 5.43 Å². The Bertz CT molecular complexity index is 1010. The number of pyridine rings is 1. The minimum atomic E-state index is -0.458. The number of amides is 2. The van der Waals surface area contributed by atoms with Gasteiger partial charge in [-0.1, -0.05) is 0 Å². The number of carbonyl (C=O) groups excluding carboxylic acids is 2. The van der Waals surface area contributed by atoms with E-state index in [1.165, 1.54) is 12.4 Å². The third kappa shape index (κ3) is 5.87. The van der Waals surface area contributed by atoms with Crippen molar-refractivity contribution >= 4 is 18.0 Å². The van der Waals surface area contributed by atoms with Crippen molar-refractivity contribution in [3.63, 3.8) is 0 Å². The maximum atomic E-state index is 12.6. The number of benzene rings is 1. The molecule has 2 aromatic rings. The van der Waals surface area contributed by atoms with Crippen LogP contribution in [0.3, 0.4) is 0 Å². The molecule has 9 heteroatoms. The van der Waals surface area contributed by atoms with E-state index in [4.69, 9.17) is 4.74 Å². The molecular weight excluding hydrogens is 424 g/mol. The van der Waals surface area contributed by atoms with E-state index in [1.807, 2.05) is 4.90 Å². The Morgan fingerprint density at radius 1 is 1.24 bits per heavy atom. The van der Waals surface area contributed by atoms with Gasteiger partial charge in [0.25, 0.3) is 11.8 Å². The number of hydrogen-bond acceptors (Lipinski definition) is 7. The second kappa shape index (κ2) is 10.9. The van der Waals surface area contributed by atoms with Gasteiger partial charge in [0.05, 0.1) is 18.5 Å². The van der Waals surface area contributed by atoms with Crippen LogP contribution in [0.4, 0.5) is 0 Å². The molecule has 1 aliphatic rings. The van der Waals surface area contributed by atoms with Crippen LogP contribution in [0.15, 0.2) is 35.6 Å². The Hall–Kier alpha value is -3.46. The molecule has 0 radical (unpaired) electrons. The molecule has 0 aliphatic carbocycles. The molecule has 1 fully saturated rings. The Morgan fingerprint density at radius 2 is 1.91 bits per heavy atom. The van der Waals surface area contributed by atoms with Crippen LogP contribution in [0.2, 0.25) is 0 Å². The van der Waals surface area contributed by atoms with Crippen LogP contribution in [0.25, 0.3) is 0 Å². The average molecular weight is 455 g/mol. The van der Waals surface area contributed by atoms with E-state index in [-0.39, 0.29) is 42.5 Å². The summed E-state index contributed by atoms with van der Waals surface area (Å²) >= 11 is 0. The minimum Gasteiger partial charge on any atom is -0.505 e. The van der Waals surface area contributed by atoms with Gasteiger partial charge in [0.15, 0.2) is 6.61 Å². The van der Waals surface area contributed by atoms with Crippen LogP contribution in [-0.2, 0) is 11.4 Å². The zero-order chi connectivity index (χ0) is 24.0. The van der Waals surface area contributed by atoms with Gasteiger partial charge < -0.3 is 19.8 Å². The van der Waals surface area contributed by atoms with Crippen molar-refractivity contribution in [2.45, 2.75) is 58.7 Å². The van der Waals surface area contributed by atoms with Crippen molar-refractivity contribution in [1.29, 1.82) is 0 Å². The summed E-state index contributed by atoms with van der Waals surface area (Å²) in [5, 5.41) is 23.4. The van der Waals surface area contributed by atoms with E-state index in [9.17, 15) is 19.8 Å². The molecular formula is C24H30N4O5. The summed E-state index contributed by atoms with van der Waals surface area (Å²) in [4.78, 5) is 30.8. The summed E-state index contributed by atoms with van der Waals surface area (Å²) in [7, 11) is 0. The lowest BCUT2D eigenvalue weighted by atomic mass is 9.97. The lowest BCUT2D eigenvalue weighted by molar-refractivity contribution is -0.139. The number of aryl methyl sites for hydroxylation is 1. The molecule has 1 saturated heterocycles. The summed E-state index contributed by atoms with van der Waals surface area (Å²) in [6.07, 6.45) is 5.84. The normalized spacial score (nSPS) is 18.4. The van der Waals surface area contributed by atoms with E-state index in [2.05, 4.69) is 29.4 Å². The molecule has 0 unspecified atom stereocenters.